The third-order valence-corrected chi connectivity index (χ3v) is 4.10. The lowest BCUT2D eigenvalue weighted by Crippen LogP contribution is -2.25. The van der Waals surface area contributed by atoms with Crippen LogP contribution < -0.4 is 10.6 Å². The fourth-order valence-electron chi connectivity index (χ4n) is 2.99. The van der Waals surface area contributed by atoms with E-state index in [-0.39, 0.29) is 12.0 Å². The molecule has 0 aromatic heterocycles. The van der Waals surface area contributed by atoms with Crippen molar-refractivity contribution in [2.75, 3.05) is 17.2 Å². The van der Waals surface area contributed by atoms with Crippen LogP contribution in [0.1, 0.15) is 38.2 Å². The van der Waals surface area contributed by atoms with E-state index in [4.69, 9.17) is 4.74 Å². The summed E-state index contributed by atoms with van der Waals surface area (Å²) in [4.78, 5) is 12.1. The average Bonchev–Trinajstić information content (AvgIpc) is 2.92. The second kappa shape index (κ2) is 5.83. The largest absolute Gasteiger partial charge is 0.381 e. The predicted octanol–water partition coefficient (Wildman–Crippen LogP) is 2.94. The maximum Gasteiger partial charge on any atom is 0.227 e. The Labute approximate surface area is 119 Å². The van der Waals surface area contributed by atoms with Crippen molar-refractivity contribution in [1.29, 1.82) is 0 Å². The van der Waals surface area contributed by atoms with Gasteiger partial charge in [0, 0.05) is 12.6 Å². The van der Waals surface area contributed by atoms with Gasteiger partial charge in [0.25, 0.3) is 0 Å². The van der Waals surface area contributed by atoms with Crippen LogP contribution in [-0.4, -0.2) is 24.7 Å². The minimum absolute atomic E-state index is 0.0466. The first-order valence-electron chi connectivity index (χ1n) is 7.52. The maximum atomic E-state index is 12.1. The lowest BCUT2D eigenvalue weighted by Gasteiger charge is -2.26. The third kappa shape index (κ3) is 2.96. The first-order valence-corrected chi connectivity index (χ1v) is 7.52. The van der Waals surface area contributed by atoms with Crippen molar-refractivity contribution < 1.29 is 9.53 Å². The SMILES string of the molecule is CC1CCc2cccc(NC(=O)CC3CCCO3)c2N1. The molecule has 1 aromatic rings. The quantitative estimate of drug-likeness (QED) is 0.891. The summed E-state index contributed by atoms with van der Waals surface area (Å²) < 4.78 is 5.51. The first-order chi connectivity index (χ1) is 9.72. The molecular weight excluding hydrogens is 252 g/mol. The minimum Gasteiger partial charge on any atom is -0.381 e. The summed E-state index contributed by atoms with van der Waals surface area (Å²) in [6.45, 7) is 2.96. The van der Waals surface area contributed by atoms with E-state index in [2.05, 4.69) is 23.6 Å². The van der Waals surface area contributed by atoms with Crippen molar-refractivity contribution in [2.24, 2.45) is 0 Å². The van der Waals surface area contributed by atoms with Gasteiger partial charge in [0.05, 0.1) is 23.9 Å². The van der Waals surface area contributed by atoms with Crippen LogP contribution in [0.15, 0.2) is 18.2 Å². The van der Waals surface area contributed by atoms with Gasteiger partial charge in [0.2, 0.25) is 5.91 Å². The number of anilines is 2. The molecule has 2 unspecified atom stereocenters. The number of carbonyl (C=O) groups is 1. The highest BCUT2D eigenvalue weighted by atomic mass is 16.5. The molecule has 2 N–H and O–H groups in total. The van der Waals surface area contributed by atoms with Crippen molar-refractivity contribution >= 4 is 17.3 Å². The van der Waals surface area contributed by atoms with Crippen molar-refractivity contribution in [3.63, 3.8) is 0 Å². The first kappa shape index (κ1) is 13.4. The molecule has 0 radical (unpaired) electrons. The monoisotopic (exact) mass is 274 g/mol. The molecule has 2 heterocycles. The van der Waals surface area contributed by atoms with Gasteiger partial charge in [-0.05, 0) is 44.2 Å². The smallest absolute Gasteiger partial charge is 0.227 e. The number of ether oxygens (including phenoxy) is 1. The van der Waals surface area contributed by atoms with Crippen LogP contribution >= 0.6 is 0 Å². The van der Waals surface area contributed by atoms with Crippen LogP contribution in [0, 0.1) is 0 Å². The number of amides is 1. The van der Waals surface area contributed by atoms with Crippen molar-refractivity contribution in [3.05, 3.63) is 23.8 Å². The molecule has 2 atom stereocenters. The molecule has 0 aliphatic carbocycles. The van der Waals surface area contributed by atoms with Crippen LogP contribution in [0.2, 0.25) is 0 Å². The molecule has 0 saturated carbocycles. The molecule has 3 rings (SSSR count). The van der Waals surface area contributed by atoms with E-state index in [1.165, 1.54) is 5.56 Å². The maximum absolute atomic E-state index is 12.1. The van der Waals surface area contributed by atoms with E-state index in [1.54, 1.807) is 0 Å². The number of benzene rings is 1. The second-order valence-electron chi connectivity index (χ2n) is 5.81. The highest BCUT2D eigenvalue weighted by molar-refractivity contribution is 5.95. The number of nitrogens with one attached hydrogen (secondary N) is 2. The number of aryl methyl sites for hydroxylation is 1. The summed E-state index contributed by atoms with van der Waals surface area (Å²) in [6.07, 6.45) is 4.83. The predicted molar refractivity (Wildman–Crippen MR) is 80.1 cm³/mol. The highest BCUT2D eigenvalue weighted by Gasteiger charge is 2.21. The summed E-state index contributed by atoms with van der Waals surface area (Å²) in [6, 6.07) is 6.57. The molecule has 1 saturated heterocycles. The molecular formula is C16H22N2O2. The normalized spacial score (nSPS) is 24.9. The van der Waals surface area contributed by atoms with E-state index >= 15 is 0 Å². The Balaban J connectivity index is 1.69. The molecule has 0 bridgehead atoms. The van der Waals surface area contributed by atoms with E-state index in [9.17, 15) is 4.79 Å². The fraction of sp³-hybridized carbons (Fsp3) is 0.562. The molecule has 2 aliphatic rings. The minimum atomic E-state index is 0.0466. The molecule has 2 aliphatic heterocycles. The molecule has 4 nitrogen and oxygen atoms in total. The van der Waals surface area contributed by atoms with Gasteiger partial charge in [-0.25, -0.2) is 0 Å². The Kier molecular flexibility index (Phi) is 3.92. The van der Waals surface area contributed by atoms with Crippen LogP contribution in [0.25, 0.3) is 0 Å². The van der Waals surface area contributed by atoms with Gasteiger partial charge in [0.1, 0.15) is 0 Å². The Hall–Kier alpha value is -1.55. The average molecular weight is 274 g/mol. The number of hydrogen-bond acceptors (Lipinski definition) is 3. The van der Waals surface area contributed by atoms with Crippen LogP contribution in [-0.2, 0) is 16.0 Å². The van der Waals surface area contributed by atoms with Gasteiger partial charge >= 0.3 is 0 Å². The van der Waals surface area contributed by atoms with Crippen molar-refractivity contribution in [2.45, 2.75) is 51.2 Å². The number of hydrogen-bond donors (Lipinski definition) is 2. The lowest BCUT2D eigenvalue weighted by atomic mass is 9.98. The van der Waals surface area contributed by atoms with E-state index in [0.717, 1.165) is 43.7 Å². The van der Waals surface area contributed by atoms with E-state index < -0.39 is 0 Å². The highest BCUT2D eigenvalue weighted by Crippen LogP contribution is 2.32. The van der Waals surface area contributed by atoms with E-state index in [0.29, 0.717) is 12.5 Å². The number of rotatable bonds is 3. The summed E-state index contributed by atoms with van der Waals surface area (Å²) in [7, 11) is 0. The molecule has 1 aromatic carbocycles. The zero-order chi connectivity index (χ0) is 13.9. The van der Waals surface area contributed by atoms with E-state index in [1.807, 2.05) is 12.1 Å². The van der Waals surface area contributed by atoms with Crippen molar-refractivity contribution in [3.8, 4) is 0 Å². The van der Waals surface area contributed by atoms with Gasteiger partial charge in [-0.2, -0.15) is 0 Å². The zero-order valence-electron chi connectivity index (χ0n) is 11.9. The standard InChI is InChI=1S/C16H22N2O2/c1-11-7-8-12-4-2-6-14(16(12)17-11)18-15(19)10-13-5-3-9-20-13/h2,4,6,11,13,17H,3,5,7-10H2,1H3,(H,18,19). The van der Waals surface area contributed by atoms with Gasteiger partial charge < -0.3 is 15.4 Å². The summed E-state index contributed by atoms with van der Waals surface area (Å²) >= 11 is 0. The van der Waals surface area contributed by atoms with Gasteiger partial charge in [-0.1, -0.05) is 12.1 Å². The van der Waals surface area contributed by atoms with Gasteiger partial charge in [-0.15, -0.1) is 0 Å². The number of carbonyl (C=O) groups excluding carboxylic acids is 1. The second-order valence-corrected chi connectivity index (χ2v) is 5.81. The summed E-state index contributed by atoms with van der Waals surface area (Å²) in [5.41, 5.74) is 3.28. The summed E-state index contributed by atoms with van der Waals surface area (Å²) in [5, 5.41) is 6.52. The molecule has 4 heteroatoms. The number of fused-ring (bicyclic) bond motifs is 1. The molecule has 20 heavy (non-hydrogen) atoms. The van der Waals surface area contributed by atoms with Gasteiger partial charge in [0.15, 0.2) is 0 Å². The van der Waals surface area contributed by atoms with Crippen LogP contribution in [0.5, 0.6) is 0 Å². The summed E-state index contributed by atoms with van der Waals surface area (Å²) in [5.74, 6) is 0.0466. The Morgan fingerprint density at radius 2 is 2.35 bits per heavy atom. The number of para-hydroxylation sites is 1. The Morgan fingerprint density at radius 3 is 3.15 bits per heavy atom. The molecule has 0 spiro atoms. The molecule has 108 valence electrons. The van der Waals surface area contributed by atoms with Gasteiger partial charge in [-0.3, -0.25) is 4.79 Å². The Morgan fingerprint density at radius 1 is 1.45 bits per heavy atom. The van der Waals surface area contributed by atoms with Crippen LogP contribution in [0.3, 0.4) is 0 Å². The topological polar surface area (TPSA) is 50.4 Å². The van der Waals surface area contributed by atoms with Crippen LogP contribution in [0.4, 0.5) is 11.4 Å². The lowest BCUT2D eigenvalue weighted by molar-refractivity contribution is -0.118. The zero-order valence-corrected chi connectivity index (χ0v) is 11.9. The third-order valence-electron chi connectivity index (χ3n) is 4.10. The fourth-order valence-corrected chi connectivity index (χ4v) is 2.99. The Bertz CT molecular complexity index is 495. The van der Waals surface area contributed by atoms with Crippen molar-refractivity contribution in [1.82, 2.24) is 0 Å². The molecule has 1 fully saturated rings. The molecule has 1 amide bonds.